The summed E-state index contributed by atoms with van der Waals surface area (Å²) in [4.78, 5) is 24.0. The van der Waals surface area contributed by atoms with E-state index in [2.05, 4.69) is 32.6 Å². The summed E-state index contributed by atoms with van der Waals surface area (Å²) in [6.45, 7) is 3.15. The molecule has 1 amide bonds. The Morgan fingerprint density at radius 1 is 1.30 bits per heavy atom. The monoisotopic (exact) mass is 404 g/mol. The first kappa shape index (κ1) is 19.3. The summed E-state index contributed by atoms with van der Waals surface area (Å²) < 4.78 is 1.63. The van der Waals surface area contributed by atoms with E-state index in [0.29, 0.717) is 34.0 Å². The molecule has 2 N–H and O–H groups in total. The first-order valence-corrected chi connectivity index (χ1v) is 10.4. The molecule has 0 saturated heterocycles. The van der Waals surface area contributed by atoms with Crippen molar-refractivity contribution < 1.29 is 4.79 Å². The predicted molar refractivity (Wildman–Crippen MR) is 105 cm³/mol. The first-order chi connectivity index (χ1) is 13.2. The van der Waals surface area contributed by atoms with Gasteiger partial charge >= 0.3 is 5.69 Å². The van der Waals surface area contributed by atoms with Crippen LogP contribution in [0.4, 0.5) is 0 Å². The zero-order chi connectivity index (χ0) is 19.1. The quantitative estimate of drug-likeness (QED) is 0.531. The highest BCUT2D eigenvalue weighted by Gasteiger charge is 2.14. The highest BCUT2D eigenvalue weighted by atomic mass is 32.2. The summed E-state index contributed by atoms with van der Waals surface area (Å²) in [5.74, 6) is 0.257. The van der Waals surface area contributed by atoms with Gasteiger partial charge in [0.15, 0.2) is 5.16 Å². The number of H-pyrrole nitrogens is 1. The van der Waals surface area contributed by atoms with Crippen molar-refractivity contribution in [1.29, 1.82) is 0 Å². The second kappa shape index (κ2) is 9.47. The Kier molecular flexibility index (Phi) is 6.77. The molecular formula is C17H20N6O2S2. The molecule has 0 aliphatic heterocycles. The van der Waals surface area contributed by atoms with Gasteiger partial charge < -0.3 is 5.32 Å². The minimum Gasteiger partial charge on any atom is -0.346 e. The van der Waals surface area contributed by atoms with Crippen LogP contribution in [-0.2, 0) is 18.8 Å². The van der Waals surface area contributed by atoms with Gasteiger partial charge in [-0.3, -0.25) is 9.36 Å². The molecule has 10 heteroatoms. The van der Waals surface area contributed by atoms with Crippen LogP contribution >= 0.6 is 23.1 Å². The van der Waals surface area contributed by atoms with Crippen molar-refractivity contribution in [2.24, 2.45) is 0 Å². The number of carbonyl (C=O) groups is 1. The van der Waals surface area contributed by atoms with Crippen molar-refractivity contribution in [1.82, 2.24) is 30.3 Å². The maximum atomic E-state index is 12.2. The van der Waals surface area contributed by atoms with E-state index in [1.807, 2.05) is 30.3 Å². The van der Waals surface area contributed by atoms with E-state index < -0.39 is 0 Å². The lowest BCUT2D eigenvalue weighted by Crippen LogP contribution is -2.22. The van der Waals surface area contributed by atoms with Crippen molar-refractivity contribution in [3.63, 3.8) is 0 Å². The molecule has 0 unspecified atom stereocenters. The predicted octanol–water partition coefficient (Wildman–Crippen LogP) is 2.45. The minimum atomic E-state index is -0.243. The fourth-order valence-corrected chi connectivity index (χ4v) is 4.02. The Hall–Kier alpha value is -2.46. The Morgan fingerprint density at radius 3 is 2.89 bits per heavy atom. The van der Waals surface area contributed by atoms with Gasteiger partial charge in [-0.25, -0.2) is 9.89 Å². The summed E-state index contributed by atoms with van der Waals surface area (Å²) >= 11 is 2.65. The number of amides is 1. The Balaban J connectivity index is 1.55. The molecular weight excluding hydrogens is 384 g/mol. The fourth-order valence-electron chi connectivity index (χ4n) is 2.31. The normalized spacial score (nSPS) is 10.9. The summed E-state index contributed by atoms with van der Waals surface area (Å²) in [6, 6.07) is 9.68. The largest absolute Gasteiger partial charge is 0.346 e. The molecule has 3 aromatic rings. The molecule has 142 valence electrons. The lowest BCUT2D eigenvalue weighted by molar-refractivity contribution is 0.0950. The van der Waals surface area contributed by atoms with Crippen LogP contribution in [0.2, 0.25) is 0 Å². The Bertz CT molecular complexity index is 934. The van der Waals surface area contributed by atoms with E-state index >= 15 is 0 Å². The number of carbonyl (C=O) groups excluding carboxylic acids is 1. The number of unbranched alkanes of at least 4 members (excludes halogenated alkanes) is 1. The average Bonchev–Trinajstić information content (AvgIpc) is 3.30. The lowest BCUT2D eigenvalue weighted by atomic mass is 10.2. The summed E-state index contributed by atoms with van der Waals surface area (Å²) in [6.07, 6.45) is 1.91. The van der Waals surface area contributed by atoms with E-state index in [-0.39, 0.29) is 11.6 Å². The molecule has 0 fully saturated rings. The standard InChI is InChI=1S/C17H20N6O2S2/c1-2-3-9-23-16(25)21-22-17(23)26-11-13-19-20-15(27-13)14(24)18-10-12-7-5-4-6-8-12/h4-8H,2-3,9-11H2,1H3,(H,18,24)(H,21,25). The Labute approximate surface area is 164 Å². The van der Waals surface area contributed by atoms with Crippen molar-refractivity contribution >= 4 is 29.0 Å². The van der Waals surface area contributed by atoms with Gasteiger partial charge in [0.05, 0.1) is 5.75 Å². The average molecular weight is 405 g/mol. The van der Waals surface area contributed by atoms with Crippen LogP contribution in [0, 0.1) is 0 Å². The lowest BCUT2D eigenvalue weighted by Gasteiger charge is -2.03. The van der Waals surface area contributed by atoms with Gasteiger partial charge in [-0.2, -0.15) is 0 Å². The summed E-state index contributed by atoms with van der Waals surface area (Å²) in [5, 5.41) is 19.1. The van der Waals surface area contributed by atoms with E-state index in [0.717, 1.165) is 18.4 Å². The molecule has 3 rings (SSSR count). The third-order valence-corrected chi connectivity index (χ3v) is 5.83. The number of rotatable bonds is 9. The highest BCUT2D eigenvalue weighted by Crippen LogP contribution is 2.22. The number of hydrogen-bond donors (Lipinski definition) is 2. The smallest absolute Gasteiger partial charge is 0.343 e. The second-order valence-electron chi connectivity index (χ2n) is 5.77. The Morgan fingerprint density at radius 2 is 2.11 bits per heavy atom. The summed E-state index contributed by atoms with van der Waals surface area (Å²) in [7, 11) is 0. The van der Waals surface area contributed by atoms with Gasteiger partial charge in [0, 0.05) is 13.1 Å². The third kappa shape index (κ3) is 5.27. The van der Waals surface area contributed by atoms with Gasteiger partial charge in [0.25, 0.3) is 5.91 Å². The molecule has 1 aromatic carbocycles. The zero-order valence-electron chi connectivity index (χ0n) is 14.8. The van der Waals surface area contributed by atoms with Crippen molar-refractivity contribution in [3.05, 3.63) is 56.4 Å². The second-order valence-corrected chi connectivity index (χ2v) is 7.78. The topological polar surface area (TPSA) is 106 Å². The molecule has 0 atom stereocenters. The van der Waals surface area contributed by atoms with Crippen LogP contribution in [0.5, 0.6) is 0 Å². The van der Waals surface area contributed by atoms with E-state index in [4.69, 9.17) is 0 Å². The first-order valence-electron chi connectivity index (χ1n) is 8.60. The van der Waals surface area contributed by atoms with Gasteiger partial charge in [-0.15, -0.1) is 15.3 Å². The van der Waals surface area contributed by atoms with Crippen LogP contribution < -0.4 is 11.0 Å². The molecule has 27 heavy (non-hydrogen) atoms. The van der Waals surface area contributed by atoms with E-state index in [1.165, 1.54) is 23.1 Å². The zero-order valence-corrected chi connectivity index (χ0v) is 16.5. The molecule has 0 bridgehead atoms. The van der Waals surface area contributed by atoms with Gasteiger partial charge in [-0.05, 0) is 12.0 Å². The molecule has 0 radical (unpaired) electrons. The number of nitrogens with one attached hydrogen (secondary N) is 2. The number of aromatic amines is 1. The van der Waals surface area contributed by atoms with Crippen LogP contribution in [0.25, 0.3) is 0 Å². The minimum absolute atomic E-state index is 0.204. The third-order valence-electron chi connectivity index (χ3n) is 3.74. The van der Waals surface area contributed by atoms with Crippen LogP contribution in [0.3, 0.4) is 0 Å². The number of nitrogens with zero attached hydrogens (tertiary/aromatic N) is 4. The van der Waals surface area contributed by atoms with Gasteiger partial charge in [-0.1, -0.05) is 66.8 Å². The van der Waals surface area contributed by atoms with Crippen molar-refractivity contribution in [2.75, 3.05) is 0 Å². The number of hydrogen-bond acceptors (Lipinski definition) is 7. The van der Waals surface area contributed by atoms with Crippen molar-refractivity contribution in [3.8, 4) is 0 Å². The molecule has 2 aromatic heterocycles. The maximum Gasteiger partial charge on any atom is 0.343 e. The molecule has 2 heterocycles. The molecule has 0 spiro atoms. The SMILES string of the molecule is CCCCn1c(SCc2nnc(C(=O)NCc3ccccc3)s2)n[nH]c1=O. The fraction of sp³-hybridized carbons (Fsp3) is 0.353. The molecule has 0 saturated carbocycles. The van der Waals surface area contributed by atoms with Crippen molar-refractivity contribution in [2.45, 2.75) is 43.8 Å². The molecule has 0 aliphatic rings. The van der Waals surface area contributed by atoms with Crippen LogP contribution in [0.15, 0.2) is 40.3 Å². The number of benzene rings is 1. The van der Waals surface area contributed by atoms with Gasteiger partial charge in [0.1, 0.15) is 5.01 Å². The number of aromatic nitrogens is 5. The van der Waals surface area contributed by atoms with Gasteiger partial charge in [0.2, 0.25) is 5.01 Å². The molecule has 8 nitrogen and oxygen atoms in total. The summed E-state index contributed by atoms with van der Waals surface area (Å²) in [5.41, 5.74) is 0.818. The van der Waals surface area contributed by atoms with Crippen LogP contribution in [-0.4, -0.2) is 30.9 Å². The van der Waals surface area contributed by atoms with E-state index in [1.54, 1.807) is 4.57 Å². The number of thioether (sulfide) groups is 1. The maximum absolute atomic E-state index is 12.2. The highest BCUT2D eigenvalue weighted by molar-refractivity contribution is 7.98. The van der Waals surface area contributed by atoms with Crippen LogP contribution in [0.1, 0.15) is 40.1 Å². The molecule has 0 aliphatic carbocycles. The van der Waals surface area contributed by atoms with E-state index in [9.17, 15) is 9.59 Å².